The highest BCUT2D eigenvalue weighted by molar-refractivity contribution is 5.80. The van der Waals surface area contributed by atoms with Crippen LogP contribution in [0, 0.1) is 0 Å². The maximum absolute atomic E-state index is 12.8. The van der Waals surface area contributed by atoms with Gasteiger partial charge in [-0.25, -0.2) is 0 Å². The molecule has 2 N–H and O–H groups in total. The van der Waals surface area contributed by atoms with Gasteiger partial charge in [0.2, 0.25) is 0 Å². The predicted molar refractivity (Wildman–Crippen MR) is 75.4 cm³/mol. The maximum atomic E-state index is 12.8. The summed E-state index contributed by atoms with van der Waals surface area (Å²) in [5.74, 6) is -1.57. The van der Waals surface area contributed by atoms with Gasteiger partial charge in [-0.3, -0.25) is 4.79 Å². The minimum Gasteiger partial charge on any atom is -0.471 e. The van der Waals surface area contributed by atoms with Crippen LogP contribution in [0.3, 0.4) is 0 Å². The Labute approximate surface area is 125 Å². The van der Waals surface area contributed by atoms with Crippen molar-refractivity contribution in [2.75, 3.05) is 0 Å². The zero-order valence-corrected chi connectivity index (χ0v) is 11.5. The molecule has 0 aromatic heterocycles. The van der Waals surface area contributed by atoms with Crippen LogP contribution in [0.1, 0.15) is 11.1 Å². The molecule has 2 aromatic carbocycles. The molecule has 2 rings (SSSR count). The van der Waals surface area contributed by atoms with Crippen LogP contribution in [0.25, 0.3) is 0 Å². The van der Waals surface area contributed by atoms with Crippen LogP contribution in [0.15, 0.2) is 54.6 Å². The van der Waals surface area contributed by atoms with Crippen molar-refractivity contribution < 1.29 is 22.7 Å². The van der Waals surface area contributed by atoms with E-state index in [-0.39, 0.29) is 5.75 Å². The van der Waals surface area contributed by atoms with Crippen LogP contribution < -0.4 is 10.5 Å². The zero-order chi connectivity index (χ0) is 16.2. The Morgan fingerprint density at radius 2 is 1.64 bits per heavy atom. The number of alkyl halides is 3. The average Bonchev–Trinajstić information content (AvgIpc) is 2.45. The molecule has 0 fully saturated rings. The molecule has 116 valence electrons. The van der Waals surface area contributed by atoms with Crippen LogP contribution in [0.2, 0.25) is 0 Å². The van der Waals surface area contributed by atoms with Gasteiger partial charge >= 0.3 is 6.18 Å². The van der Waals surface area contributed by atoms with Crippen molar-refractivity contribution in [1.29, 1.82) is 0 Å². The van der Waals surface area contributed by atoms with Gasteiger partial charge in [-0.05, 0) is 17.2 Å². The number of carbonyl (C=O) groups excluding carboxylic acids is 1. The summed E-state index contributed by atoms with van der Waals surface area (Å²) in [7, 11) is 0. The van der Waals surface area contributed by atoms with Crippen molar-refractivity contribution in [3.8, 4) is 5.75 Å². The smallest absolute Gasteiger partial charge is 0.434 e. The molecule has 0 radical (unpaired) electrons. The molecule has 22 heavy (non-hydrogen) atoms. The third kappa shape index (κ3) is 4.00. The Morgan fingerprint density at radius 3 is 2.23 bits per heavy atom. The van der Waals surface area contributed by atoms with Crippen molar-refractivity contribution >= 4 is 5.91 Å². The van der Waals surface area contributed by atoms with E-state index in [0.717, 1.165) is 5.56 Å². The maximum Gasteiger partial charge on any atom is 0.434 e. The van der Waals surface area contributed by atoms with Crippen molar-refractivity contribution in [2.24, 2.45) is 5.73 Å². The Morgan fingerprint density at radius 1 is 1.05 bits per heavy atom. The molecule has 0 saturated carbocycles. The molecule has 0 aliphatic heterocycles. The summed E-state index contributed by atoms with van der Waals surface area (Å²) in [5.41, 5.74) is 6.25. The first-order chi connectivity index (χ1) is 10.4. The molecular formula is C16H14F3NO2. The summed E-state index contributed by atoms with van der Waals surface area (Å²) in [6.07, 6.45) is -7.13. The van der Waals surface area contributed by atoms with Gasteiger partial charge in [0, 0.05) is 6.42 Å². The van der Waals surface area contributed by atoms with E-state index in [9.17, 15) is 18.0 Å². The number of rotatable bonds is 5. The first-order valence-corrected chi connectivity index (χ1v) is 6.52. The van der Waals surface area contributed by atoms with Crippen LogP contribution in [0.4, 0.5) is 13.2 Å². The Balaban J connectivity index is 2.26. The molecule has 6 heteroatoms. The van der Waals surface area contributed by atoms with Gasteiger partial charge in [0.15, 0.2) is 0 Å². The first-order valence-electron chi connectivity index (χ1n) is 6.52. The van der Waals surface area contributed by atoms with E-state index in [1.165, 1.54) is 12.1 Å². The molecule has 1 unspecified atom stereocenters. The van der Waals surface area contributed by atoms with E-state index in [4.69, 9.17) is 10.5 Å². The van der Waals surface area contributed by atoms with Gasteiger partial charge in [-0.1, -0.05) is 48.5 Å². The van der Waals surface area contributed by atoms with E-state index < -0.39 is 18.2 Å². The number of hydrogen-bond donors (Lipinski definition) is 1. The van der Waals surface area contributed by atoms with Crippen molar-refractivity contribution in [1.82, 2.24) is 0 Å². The molecular weight excluding hydrogens is 295 g/mol. The highest BCUT2D eigenvalue weighted by Gasteiger charge is 2.46. The molecule has 0 aliphatic carbocycles. The standard InChI is InChI=1S/C16H14F3NO2/c17-16(18,19)14(15(20)21)22-13-9-5-4-8-12(13)10-11-6-2-1-3-7-11/h1-9,14H,10H2,(H2,20,21). The lowest BCUT2D eigenvalue weighted by Gasteiger charge is -2.20. The minimum absolute atomic E-state index is 0.00696. The minimum atomic E-state index is -4.86. The van der Waals surface area contributed by atoms with Gasteiger partial charge in [0.05, 0.1) is 0 Å². The van der Waals surface area contributed by atoms with Gasteiger partial charge in [-0.2, -0.15) is 13.2 Å². The average molecular weight is 309 g/mol. The van der Waals surface area contributed by atoms with Crippen molar-refractivity contribution in [3.63, 3.8) is 0 Å². The summed E-state index contributed by atoms with van der Waals surface area (Å²) >= 11 is 0. The summed E-state index contributed by atoms with van der Waals surface area (Å²) in [5, 5.41) is 0. The van der Waals surface area contributed by atoms with Gasteiger partial charge in [0.25, 0.3) is 12.0 Å². The van der Waals surface area contributed by atoms with E-state index in [2.05, 4.69) is 0 Å². The molecule has 0 heterocycles. The summed E-state index contributed by atoms with van der Waals surface area (Å²) < 4.78 is 43.2. The van der Waals surface area contributed by atoms with Gasteiger partial charge < -0.3 is 10.5 Å². The lowest BCUT2D eigenvalue weighted by molar-refractivity contribution is -0.196. The fourth-order valence-corrected chi connectivity index (χ4v) is 1.99. The van der Waals surface area contributed by atoms with E-state index in [1.54, 1.807) is 12.1 Å². The molecule has 2 aromatic rings. The van der Waals surface area contributed by atoms with Crippen LogP contribution in [0.5, 0.6) is 5.75 Å². The van der Waals surface area contributed by atoms with Gasteiger partial charge in [0.1, 0.15) is 5.75 Å². The fraction of sp³-hybridized carbons (Fsp3) is 0.188. The van der Waals surface area contributed by atoms with Crippen LogP contribution in [-0.4, -0.2) is 18.2 Å². The molecule has 3 nitrogen and oxygen atoms in total. The van der Waals surface area contributed by atoms with Crippen LogP contribution >= 0.6 is 0 Å². The van der Waals surface area contributed by atoms with Gasteiger partial charge in [-0.15, -0.1) is 0 Å². The molecule has 0 spiro atoms. The van der Waals surface area contributed by atoms with E-state index in [1.807, 2.05) is 30.3 Å². The lowest BCUT2D eigenvalue weighted by atomic mass is 10.0. The number of amides is 1. The Kier molecular flexibility index (Phi) is 4.70. The number of benzene rings is 2. The number of hydrogen-bond acceptors (Lipinski definition) is 2. The predicted octanol–water partition coefficient (Wildman–Crippen LogP) is 3.07. The third-order valence-corrected chi connectivity index (χ3v) is 3.01. The summed E-state index contributed by atoms with van der Waals surface area (Å²) in [6.45, 7) is 0. The fourth-order valence-electron chi connectivity index (χ4n) is 1.99. The Bertz CT molecular complexity index is 641. The third-order valence-electron chi connectivity index (χ3n) is 3.01. The van der Waals surface area contributed by atoms with E-state index >= 15 is 0 Å². The number of carbonyl (C=O) groups is 1. The molecule has 0 aliphatic rings. The zero-order valence-electron chi connectivity index (χ0n) is 11.5. The number of halogens is 3. The molecule has 0 saturated heterocycles. The quantitative estimate of drug-likeness (QED) is 0.923. The first kappa shape index (κ1) is 15.9. The SMILES string of the molecule is NC(=O)C(Oc1ccccc1Cc1ccccc1)C(F)(F)F. The summed E-state index contributed by atoms with van der Waals surface area (Å²) in [6, 6.07) is 15.5. The number of ether oxygens (including phenoxy) is 1. The second-order valence-corrected chi connectivity index (χ2v) is 4.71. The monoisotopic (exact) mass is 309 g/mol. The number of para-hydroxylation sites is 1. The highest BCUT2D eigenvalue weighted by atomic mass is 19.4. The Hall–Kier alpha value is -2.50. The highest BCUT2D eigenvalue weighted by Crippen LogP contribution is 2.28. The number of primary amides is 1. The normalized spacial score (nSPS) is 12.7. The lowest BCUT2D eigenvalue weighted by Crippen LogP contribution is -2.45. The largest absolute Gasteiger partial charge is 0.471 e. The topological polar surface area (TPSA) is 52.3 Å². The van der Waals surface area contributed by atoms with Crippen molar-refractivity contribution in [3.05, 3.63) is 65.7 Å². The van der Waals surface area contributed by atoms with Crippen molar-refractivity contribution in [2.45, 2.75) is 18.7 Å². The second kappa shape index (κ2) is 6.51. The molecule has 0 bridgehead atoms. The number of nitrogens with two attached hydrogens (primary N) is 1. The van der Waals surface area contributed by atoms with Crippen LogP contribution in [-0.2, 0) is 11.2 Å². The van der Waals surface area contributed by atoms with E-state index in [0.29, 0.717) is 12.0 Å². The second-order valence-electron chi connectivity index (χ2n) is 4.71. The molecule has 1 amide bonds. The molecule has 1 atom stereocenters. The summed E-state index contributed by atoms with van der Waals surface area (Å²) in [4.78, 5) is 11.0.